The van der Waals surface area contributed by atoms with Crippen molar-refractivity contribution in [3.63, 3.8) is 0 Å². The van der Waals surface area contributed by atoms with Gasteiger partial charge >= 0.3 is 0 Å². The summed E-state index contributed by atoms with van der Waals surface area (Å²) in [5, 5.41) is 5.06. The molecule has 3 aromatic carbocycles. The molecule has 0 atom stereocenters. The number of hydrogen-bond acceptors (Lipinski definition) is 5. The van der Waals surface area contributed by atoms with Crippen LogP contribution in [0.3, 0.4) is 0 Å². The highest BCUT2D eigenvalue weighted by Crippen LogP contribution is 2.31. The van der Waals surface area contributed by atoms with Crippen LogP contribution in [0.1, 0.15) is 27.8 Å². The van der Waals surface area contributed by atoms with Crippen molar-refractivity contribution in [2.24, 2.45) is 5.10 Å². The number of methoxy groups -OCH3 is 1. The van der Waals surface area contributed by atoms with Crippen molar-refractivity contribution in [3.8, 4) is 17.2 Å². The molecule has 0 saturated heterocycles. The Bertz CT molecular complexity index is 1190. The lowest BCUT2D eigenvalue weighted by Gasteiger charge is -2.13. The van der Waals surface area contributed by atoms with E-state index in [1.807, 2.05) is 32.9 Å². The predicted molar refractivity (Wildman–Crippen MR) is 136 cm³/mol. The van der Waals surface area contributed by atoms with Gasteiger partial charge < -0.3 is 14.2 Å². The molecule has 0 bridgehead atoms. The number of amides is 1. The normalized spacial score (nSPS) is 10.9. The van der Waals surface area contributed by atoms with Gasteiger partial charge in [-0.15, -0.1) is 0 Å². The van der Waals surface area contributed by atoms with E-state index >= 15 is 0 Å². The van der Waals surface area contributed by atoms with E-state index in [2.05, 4.69) is 10.5 Å². The molecule has 0 spiro atoms. The van der Waals surface area contributed by atoms with Crippen LogP contribution < -0.4 is 19.6 Å². The van der Waals surface area contributed by atoms with E-state index in [0.29, 0.717) is 32.7 Å². The average molecular weight is 501 g/mol. The van der Waals surface area contributed by atoms with Crippen LogP contribution in [0.5, 0.6) is 17.2 Å². The highest BCUT2D eigenvalue weighted by atomic mass is 35.5. The van der Waals surface area contributed by atoms with Gasteiger partial charge in [-0.05, 0) is 73.4 Å². The third-order valence-corrected chi connectivity index (χ3v) is 5.95. The molecule has 1 N–H and O–H groups in total. The molecular weight excluding hydrogens is 475 g/mol. The lowest BCUT2D eigenvalue weighted by Crippen LogP contribution is -2.25. The monoisotopic (exact) mass is 500 g/mol. The van der Waals surface area contributed by atoms with Crippen molar-refractivity contribution >= 4 is 35.3 Å². The topological polar surface area (TPSA) is 69.2 Å². The summed E-state index contributed by atoms with van der Waals surface area (Å²) in [4.78, 5) is 12.2. The number of halogens is 2. The SMILES string of the molecule is COc1cc(/C=N/NC(=O)COc2c(C)ccc(C)c2C)ccc1OCc1c(Cl)cccc1Cl. The van der Waals surface area contributed by atoms with Crippen LogP contribution in [0.2, 0.25) is 10.0 Å². The van der Waals surface area contributed by atoms with E-state index in [-0.39, 0.29) is 19.1 Å². The smallest absolute Gasteiger partial charge is 0.277 e. The molecule has 0 aliphatic rings. The fraction of sp³-hybridized carbons (Fsp3) is 0.231. The highest BCUT2D eigenvalue weighted by Gasteiger charge is 2.11. The van der Waals surface area contributed by atoms with Gasteiger partial charge in [0.15, 0.2) is 18.1 Å². The van der Waals surface area contributed by atoms with E-state index < -0.39 is 0 Å². The van der Waals surface area contributed by atoms with Gasteiger partial charge in [-0.2, -0.15) is 5.10 Å². The van der Waals surface area contributed by atoms with E-state index in [9.17, 15) is 4.79 Å². The number of hydrazone groups is 1. The molecule has 0 unspecified atom stereocenters. The highest BCUT2D eigenvalue weighted by molar-refractivity contribution is 6.35. The first kappa shape index (κ1) is 25.4. The zero-order chi connectivity index (χ0) is 24.7. The zero-order valence-corrected chi connectivity index (χ0v) is 21.0. The largest absolute Gasteiger partial charge is 0.493 e. The number of benzene rings is 3. The number of ether oxygens (including phenoxy) is 3. The van der Waals surface area contributed by atoms with Crippen molar-refractivity contribution in [1.29, 1.82) is 0 Å². The van der Waals surface area contributed by atoms with Crippen molar-refractivity contribution in [3.05, 3.63) is 86.4 Å². The Hall–Kier alpha value is -3.22. The second-order valence-corrected chi connectivity index (χ2v) is 8.45. The summed E-state index contributed by atoms with van der Waals surface area (Å²) in [7, 11) is 1.54. The Morgan fingerprint density at radius 3 is 2.38 bits per heavy atom. The minimum atomic E-state index is -0.361. The van der Waals surface area contributed by atoms with Gasteiger partial charge in [0, 0.05) is 15.6 Å². The lowest BCUT2D eigenvalue weighted by atomic mass is 10.1. The van der Waals surface area contributed by atoms with Gasteiger partial charge in [0.2, 0.25) is 0 Å². The average Bonchev–Trinajstić information content (AvgIpc) is 2.81. The Balaban J connectivity index is 1.58. The van der Waals surface area contributed by atoms with Gasteiger partial charge in [-0.25, -0.2) is 5.43 Å². The summed E-state index contributed by atoms with van der Waals surface area (Å²) in [5.41, 5.74) is 6.98. The summed E-state index contributed by atoms with van der Waals surface area (Å²) >= 11 is 12.4. The van der Waals surface area contributed by atoms with E-state index in [0.717, 1.165) is 22.4 Å². The summed E-state index contributed by atoms with van der Waals surface area (Å²) in [6.07, 6.45) is 1.51. The van der Waals surface area contributed by atoms with Gasteiger partial charge in [0.25, 0.3) is 5.91 Å². The van der Waals surface area contributed by atoms with E-state index in [1.165, 1.54) is 6.21 Å². The fourth-order valence-electron chi connectivity index (χ4n) is 3.20. The maximum Gasteiger partial charge on any atom is 0.277 e. The first-order chi connectivity index (χ1) is 16.3. The predicted octanol–water partition coefficient (Wildman–Crippen LogP) is 6.04. The molecule has 0 aliphatic carbocycles. The molecule has 8 heteroatoms. The van der Waals surface area contributed by atoms with Crippen molar-refractivity contribution < 1.29 is 19.0 Å². The summed E-state index contributed by atoms with van der Waals surface area (Å²) in [6, 6.07) is 14.6. The van der Waals surface area contributed by atoms with Crippen LogP contribution in [0.15, 0.2) is 53.6 Å². The molecule has 0 radical (unpaired) electrons. The third-order valence-electron chi connectivity index (χ3n) is 5.25. The molecule has 6 nitrogen and oxygen atoms in total. The van der Waals surface area contributed by atoms with Crippen LogP contribution >= 0.6 is 23.2 Å². The Morgan fingerprint density at radius 2 is 1.68 bits per heavy atom. The Labute approximate surface area is 209 Å². The van der Waals surface area contributed by atoms with Crippen molar-refractivity contribution in [1.82, 2.24) is 5.43 Å². The van der Waals surface area contributed by atoms with Crippen LogP contribution in [0.25, 0.3) is 0 Å². The minimum absolute atomic E-state index is 0.136. The first-order valence-corrected chi connectivity index (χ1v) is 11.3. The molecular formula is C26H26Cl2N2O4. The molecule has 0 saturated carbocycles. The maximum atomic E-state index is 12.2. The number of hydrogen-bond donors (Lipinski definition) is 1. The zero-order valence-electron chi connectivity index (χ0n) is 19.4. The van der Waals surface area contributed by atoms with E-state index in [1.54, 1.807) is 43.5 Å². The number of nitrogens with one attached hydrogen (secondary N) is 1. The number of nitrogens with zero attached hydrogens (tertiary/aromatic N) is 1. The molecule has 34 heavy (non-hydrogen) atoms. The maximum absolute atomic E-state index is 12.2. The molecule has 1 amide bonds. The van der Waals surface area contributed by atoms with Crippen molar-refractivity contribution in [2.45, 2.75) is 27.4 Å². The number of carbonyl (C=O) groups is 1. The lowest BCUT2D eigenvalue weighted by molar-refractivity contribution is -0.123. The Kier molecular flexibility index (Phi) is 8.79. The summed E-state index contributed by atoms with van der Waals surface area (Å²) in [5.74, 6) is 1.39. The van der Waals surface area contributed by atoms with Crippen LogP contribution in [0.4, 0.5) is 0 Å². The third kappa shape index (κ3) is 6.43. The first-order valence-electron chi connectivity index (χ1n) is 10.6. The second kappa shape index (κ2) is 11.8. The summed E-state index contributed by atoms with van der Waals surface area (Å²) in [6.45, 7) is 5.98. The van der Waals surface area contributed by atoms with Gasteiger partial charge in [0.05, 0.1) is 13.3 Å². The standard InChI is InChI=1S/C26H26Cl2N2O4/c1-16-8-9-17(2)26(18(16)3)34-15-25(31)30-29-13-19-10-11-23(24(12-19)32-4)33-14-20-21(27)6-5-7-22(20)28/h5-13H,14-15H2,1-4H3,(H,30,31)/b29-13+. The van der Waals surface area contributed by atoms with Crippen LogP contribution in [0, 0.1) is 20.8 Å². The van der Waals surface area contributed by atoms with Gasteiger partial charge in [-0.3, -0.25) is 4.79 Å². The van der Waals surface area contributed by atoms with Crippen LogP contribution in [-0.4, -0.2) is 25.8 Å². The molecule has 3 aromatic rings. The van der Waals surface area contributed by atoms with E-state index in [4.69, 9.17) is 37.4 Å². The minimum Gasteiger partial charge on any atom is -0.493 e. The molecule has 0 heterocycles. The quantitative estimate of drug-likeness (QED) is 0.287. The number of rotatable bonds is 9. The fourth-order valence-corrected chi connectivity index (χ4v) is 3.71. The number of aryl methyl sites for hydroxylation is 2. The molecule has 0 fully saturated rings. The molecule has 3 rings (SSSR count). The molecule has 0 aromatic heterocycles. The second-order valence-electron chi connectivity index (χ2n) is 7.63. The molecule has 0 aliphatic heterocycles. The van der Waals surface area contributed by atoms with Crippen LogP contribution in [-0.2, 0) is 11.4 Å². The number of carbonyl (C=O) groups excluding carboxylic acids is 1. The molecule has 178 valence electrons. The van der Waals surface area contributed by atoms with Gasteiger partial charge in [-0.1, -0.05) is 41.4 Å². The van der Waals surface area contributed by atoms with Crippen molar-refractivity contribution in [2.75, 3.05) is 13.7 Å². The summed E-state index contributed by atoms with van der Waals surface area (Å²) < 4.78 is 17.0. The van der Waals surface area contributed by atoms with Gasteiger partial charge in [0.1, 0.15) is 12.4 Å². The Morgan fingerprint density at radius 1 is 0.971 bits per heavy atom.